The molecule has 0 aliphatic carbocycles. The first-order valence-corrected chi connectivity index (χ1v) is 10.4. The van der Waals surface area contributed by atoms with Gasteiger partial charge in [0.2, 0.25) is 0 Å². The topological polar surface area (TPSA) is 57.6 Å². The van der Waals surface area contributed by atoms with Crippen molar-refractivity contribution < 1.29 is 14.7 Å². The summed E-state index contributed by atoms with van der Waals surface area (Å²) in [5, 5.41) is 11.2. The summed E-state index contributed by atoms with van der Waals surface area (Å²) < 4.78 is 0.870. The highest BCUT2D eigenvalue weighted by Crippen LogP contribution is 2.42. The predicted molar refractivity (Wildman–Crippen MR) is 121 cm³/mol. The number of anilines is 1. The zero-order chi connectivity index (χ0) is 21.4. The Kier molecular flexibility index (Phi) is 5.31. The van der Waals surface area contributed by atoms with E-state index in [4.69, 9.17) is 0 Å². The van der Waals surface area contributed by atoms with Gasteiger partial charge in [0.15, 0.2) is 0 Å². The van der Waals surface area contributed by atoms with Crippen LogP contribution < -0.4 is 4.90 Å². The van der Waals surface area contributed by atoms with Crippen molar-refractivity contribution in [2.45, 2.75) is 19.9 Å². The SMILES string of the molecule is Cc1ccc(C)c(/C(O)=C2\C(=O)C(=O)N(c3ccc(Br)cc3)C2c2ccccc2)c1. The van der Waals surface area contributed by atoms with Crippen LogP contribution in [-0.4, -0.2) is 16.8 Å². The van der Waals surface area contributed by atoms with Crippen LogP contribution in [0.2, 0.25) is 0 Å². The van der Waals surface area contributed by atoms with E-state index in [0.29, 0.717) is 11.3 Å². The molecule has 1 saturated heterocycles. The maximum atomic E-state index is 13.1. The van der Waals surface area contributed by atoms with Crippen molar-refractivity contribution >= 4 is 39.1 Å². The van der Waals surface area contributed by atoms with Gasteiger partial charge in [-0.1, -0.05) is 64.0 Å². The molecule has 0 bridgehead atoms. The van der Waals surface area contributed by atoms with Gasteiger partial charge in [-0.3, -0.25) is 14.5 Å². The molecule has 3 aromatic rings. The maximum absolute atomic E-state index is 13.1. The van der Waals surface area contributed by atoms with Crippen molar-refractivity contribution in [3.8, 4) is 0 Å². The minimum atomic E-state index is -0.715. The minimum absolute atomic E-state index is 0.0998. The van der Waals surface area contributed by atoms with Gasteiger partial charge >= 0.3 is 0 Å². The van der Waals surface area contributed by atoms with Gasteiger partial charge in [0, 0.05) is 15.7 Å². The third kappa shape index (κ3) is 3.46. The van der Waals surface area contributed by atoms with Gasteiger partial charge in [0.25, 0.3) is 11.7 Å². The number of nitrogens with zero attached hydrogens (tertiary/aromatic N) is 1. The molecule has 1 fully saturated rings. The molecule has 30 heavy (non-hydrogen) atoms. The molecule has 0 spiro atoms. The Morgan fingerprint density at radius 1 is 0.933 bits per heavy atom. The Morgan fingerprint density at radius 2 is 1.60 bits per heavy atom. The summed E-state index contributed by atoms with van der Waals surface area (Å²) in [7, 11) is 0. The van der Waals surface area contributed by atoms with Crippen LogP contribution in [0.25, 0.3) is 5.76 Å². The molecule has 4 nitrogen and oxygen atoms in total. The monoisotopic (exact) mass is 461 g/mol. The molecule has 1 aliphatic rings. The van der Waals surface area contributed by atoms with Crippen molar-refractivity contribution in [3.63, 3.8) is 0 Å². The molecule has 1 amide bonds. The average Bonchev–Trinajstić information content (AvgIpc) is 3.01. The molecule has 1 aliphatic heterocycles. The van der Waals surface area contributed by atoms with E-state index in [9.17, 15) is 14.7 Å². The lowest BCUT2D eigenvalue weighted by atomic mass is 9.93. The van der Waals surface area contributed by atoms with Crippen LogP contribution in [0.1, 0.15) is 28.3 Å². The summed E-state index contributed by atoms with van der Waals surface area (Å²) >= 11 is 3.40. The number of aryl methyl sites for hydroxylation is 2. The number of ketones is 1. The highest BCUT2D eigenvalue weighted by atomic mass is 79.9. The van der Waals surface area contributed by atoms with Crippen LogP contribution >= 0.6 is 15.9 Å². The van der Waals surface area contributed by atoms with Crippen LogP contribution in [0, 0.1) is 13.8 Å². The number of aliphatic hydroxyl groups excluding tert-OH is 1. The van der Waals surface area contributed by atoms with Crippen LogP contribution in [0.3, 0.4) is 0 Å². The number of rotatable bonds is 3. The molecule has 1 atom stereocenters. The average molecular weight is 462 g/mol. The van der Waals surface area contributed by atoms with Crippen LogP contribution in [0.4, 0.5) is 5.69 Å². The molecule has 1 heterocycles. The molecule has 4 rings (SSSR count). The summed E-state index contributed by atoms with van der Waals surface area (Å²) in [6, 6.07) is 21.5. The minimum Gasteiger partial charge on any atom is -0.507 e. The zero-order valence-electron chi connectivity index (χ0n) is 16.6. The second-order valence-corrected chi connectivity index (χ2v) is 8.29. The standard InChI is InChI=1S/C25H20BrNO3/c1-15-8-9-16(2)20(14-15)23(28)21-22(17-6-4-3-5-7-17)27(25(30)24(21)29)19-12-10-18(26)11-13-19/h3-14,22,28H,1-2H3/b23-21+. The number of carbonyl (C=O) groups excluding carboxylic acids is 2. The van der Waals surface area contributed by atoms with E-state index < -0.39 is 17.7 Å². The number of aliphatic hydroxyl groups is 1. The molecule has 0 aromatic heterocycles. The van der Waals surface area contributed by atoms with Crippen LogP contribution in [-0.2, 0) is 9.59 Å². The number of hydrogen-bond donors (Lipinski definition) is 1. The lowest BCUT2D eigenvalue weighted by Gasteiger charge is -2.25. The number of carbonyl (C=O) groups is 2. The third-order valence-corrected chi connectivity index (χ3v) is 5.84. The fraction of sp³-hybridized carbons (Fsp3) is 0.120. The van der Waals surface area contributed by atoms with Gasteiger partial charge in [-0.05, 0) is 55.3 Å². The molecular weight excluding hydrogens is 442 g/mol. The van der Waals surface area contributed by atoms with E-state index in [2.05, 4.69) is 15.9 Å². The van der Waals surface area contributed by atoms with Crippen LogP contribution in [0.15, 0.2) is 82.8 Å². The summed E-state index contributed by atoms with van der Waals surface area (Å²) in [5.74, 6) is -1.49. The van der Waals surface area contributed by atoms with E-state index in [1.807, 2.05) is 74.5 Å². The van der Waals surface area contributed by atoms with E-state index >= 15 is 0 Å². The molecule has 5 heteroatoms. The summed E-state index contributed by atoms with van der Waals surface area (Å²) in [6.45, 7) is 3.79. The summed E-state index contributed by atoms with van der Waals surface area (Å²) in [5.41, 5.74) is 3.80. The van der Waals surface area contributed by atoms with Gasteiger partial charge in [-0.15, -0.1) is 0 Å². The Bertz CT molecular complexity index is 1170. The molecule has 3 aromatic carbocycles. The number of halogens is 1. The highest BCUT2D eigenvalue weighted by molar-refractivity contribution is 9.10. The summed E-state index contributed by atoms with van der Waals surface area (Å²) in [6.07, 6.45) is 0. The summed E-state index contributed by atoms with van der Waals surface area (Å²) in [4.78, 5) is 27.7. The molecule has 0 saturated carbocycles. The van der Waals surface area contributed by atoms with Crippen molar-refractivity contribution in [1.82, 2.24) is 0 Å². The molecule has 1 unspecified atom stereocenters. The van der Waals surface area contributed by atoms with E-state index in [-0.39, 0.29) is 11.3 Å². The number of amides is 1. The largest absolute Gasteiger partial charge is 0.507 e. The predicted octanol–water partition coefficient (Wildman–Crippen LogP) is 5.69. The Hall–Kier alpha value is -3.18. The highest BCUT2D eigenvalue weighted by Gasteiger charge is 2.47. The van der Waals surface area contributed by atoms with E-state index in [1.54, 1.807) is 12.1 Å². The fourth-order valence-electron chi connectivity index (χ4n) is 3.79. The second kappa shape index (κ2) is 7.92. The first-order valence-electron chi connectivity index (χ1n) is 9.57. The first-order chi connectivity index (χ1) is 14.4. The van der Waals surface area contributed by atoms with Gasteiger partial charge in [0.1, 0.15) is 5.76 Å². The quantitative estimate of drug-likeness (QED) is 0.309. The van der Waals surface area contributed by atoms with Gasteiger partial charge in [-0.2, -0.15) is 0 Å². The van der Waals surface area contributed by atoms with Crippen molar-refractivity contribution in [2.24, 2.45) is 0 Å². The van der Waals surface area contributed by atoms with Crippen molar-refractivity contribution in [3.05, 3.63) is 105 Å². The van der Waals surface area contributed by atoms with Gasteiger partial charge in [0.05, 0.1) is 11.6 Å². The molecule has 1 N–H and O–H groups in total. The Balaban J connectivity index is 1.97. The van der Waals surface area contributed by atoms with E-state index in [1.165, 1.54) is 4.90 Å². The van der Waals surface area contributed by atoms with Gasteiger partial charge < -0.3 is 5.11 Å². The lowest BCUT2D eigenvalue weighted by molar-refractivity contribution is -0.132. The van der Waals surface area contributed by atoms with E-state index in [0.717, 1.165) is 21.2 Å². The van der Waals surface area contributed by atoms with Crippen LogP contribution in [0.5, 0.6) is 0 Å². The smallest absolute Gasteiger partial charge is 0.300 e. The van der Waals surface area contributed by atoms with Gasteiger partial charge in [-0.25, -0.2) is 0 Å². The lowest BCUT2D eigenvalue weighted by Crippen LogP contribution is -2.29. The zero-order valence-corrected chi connectivity index (χ0v) is 18.2. The normalized spacial score (nSPS) is 18.1. The van der Waals surface area contributed by atoms with Crippen molar-refractivity contribution in [2.75, 3.05) is 4.90 Å². The second-order valence-electron chi connectivity index (χ2n) is 7.37. The Labute approximate surface area is 183 Å². The Morgan fingerprint density at radius 3 is 2.27 bits per heavy atom. The molecule has 150 valence electrons. The number of benzene rings is 3. The fourth-order valence-corrected chi connectivity index (χ4v) is 4.05. The maximum Gasteiger partial charge on any atom is 0.300 e. The van der Waals surface area contributed by atoms with Crippen molar-refractivity contribution in [1.29, 1.82) is 0 Å². The molecule has 0 radical (unpaired) electrons. The number of hydrogen-bond acceptors (Lipinski definition) is 3. The number of Topliss-reactive ketones (excluding diaryl/α,β-unsaturated/α-hetero) is 1. The third-order valence-electron chi connectivity index (χ3n) is 5.31. The first kappa shape index (κ1) is 20.1. The molecular formula is C25H20BrNO3.